The number of nitrogens with one attached hydrogen (secondary N) is 2. The van der Waals surface area contributed by atoms with Gasteiger partial charge >= 0.3 is 0 Å². The summed E-state index contributed by atoms with van der Waals surface area (Å²) >= 11 is 0. The highest BCUT2D eigenvalue weighted by Gasteiger charge is 2.41. The van der Waals surface area contributed by atoms with Gasteiger partial charge in [0, 0.05) is 23.9 Å². The van der Waals surface area contributed by atoms with E-state index in [0.717, 1.165) is 17.7 Å². The molecule has 4 heteroatoms. The van der Waals surface area contributed by atoms with Crippen molar-refractivity contribution < 1.29 is 0 Å². The van der Waals surface area contributed by atoms with Crippen molar-refractivity contribution in [3.8, 4) is 0 Å². The van der Waals surface area contributed by atoms with Gasteiger partial charge in [-0.15, -0.1) is 0 Å². The van der Waals surface area contributed by atoms with E-state index in [9.17, 15) is 0 Å². The summed E-state index contributed by atoms with van der Waals surface area (Å²) in [4.78, 5) is 4.83. The highest BCUT2D eigenvalue weighted by atomic mass is 15.2. The molecular formula is C14H22N4. The smallest absolute Gasteiger partial charge is 0.153 e. The molecule has 2 bridgehead atoms. The Kier molecular flexibility index (Phi) is 2.64. The fourth-order valence-electron chi connectivity index (χ4n) is 4.12. The van der Waals surface area contributed by atoms with Gasteiger partial charge in [-0.1, -0.05) is 19.3 Å². The predicted molar refractivity (Wildman–Crippen MR) is 69.5 cm³/mol. The number of nitrogens with zero attached hydrogens (tertiary/aromatic N) is 2. The molecule has 1 aromatic heterocycles. The zero-order valence-electron chi connectivity index (χ0n) is 10.9. The molecule has 98 valence electrons. The molecule has 0 aromatic carbocycles. The third-order valence-corrected chi connectivity index (χ3v) is 5.14. The van der Waals surface area contributed by atoms with Crippen LogP contribution in [0.2, 0.25) is 0 Å². The molecule has 0 spiro atoms. The van der Waals surface area contributed by atoms with Crippen molar-refractivity contribution in [3.05, 3.63) is 11.6 Å². The van der Waals surface area contributed by atoms with Gasteiger partial charge in [-0.25, -0.2) is 4.98 Å². The summed E-state index contributed by atoms with van der Waals surface area (Å²) in [5, 5.41) is 11.4. The molecule has 1 saturated carbocycles. The van der Waals surface area contributed by atoms with E-state index in [1.54, 1.807) is 0 Å². The molecule has 3 aliphatic rings. The average Bonchev–Trinajstić information content (AvgIpc) is 3.15. The molecule has 2 aliphatic heterocycles. The van der Waals surface area contributed by atoms with Gasteiger partial charge in [0.25, 0.3) is 0 Å². The van der Waals surface area contributed by atoms with Gasteiger partial charge in [0.05, 0.1) is 0 Å². The maximum Gasteiger partial charge on any atom is 0.153 e. The average molecular weight is 246 g/mol. The van der Waals surface area contributed by atoms with E-state index in [-0.39, 0.29) is 0 Å². The molecule has 3 atom stereocenters. The fraction of sp³-hybridized carbons (Fsp3) is 0.857. The van der Waals surface area contributed by atoms with Crippen molar-refractivity contribution in [2.75, 3.05) is 0 Å². The van der Waals surface area contributed by atoms with E-state index in [2.05, 4.69) is 15.5 Å². The van der Waals surface area contributed by atoms with E-state index >= 15 is 0 Å². The molecule has 0 radical (unpaired) electrons. The Bertz CT molecular complexity index is 421. The van der Waals surface area contributed by atoms with Crippen LogP contribution in [0.5, 0.6) is 0 Å². The normalized spacial score (nSPS) is 36.3. The Hall–Kier alpha value is -0.900. The molecular weight excluding hydrogens is 224 g/mol. The lowest BCUT2D eigenvalue weighted by atomic mass is 9.88. The van der Waals surface area contributed by atoms with E-state index < -0.39 is 0 Å². The molecule has 3 unspecified atom stereocenters. The summed E-state index contributed by atoms with van der Waals surface area (Å²) < 4.78 is 0. The number of rotatable bonds is 2. The molecule has 3 heterocycles. The van der Waals surface area contributed by atoms with Crippen molar-refractivity contribution in [3.63, 3.8) is 0 Å². The highest BCUT2D eigenvalue weighted by Crippen LogP contribution is 2.39. The van der Waals surface area contributed by atoms with E-state index in [1.807, 2.05) is 0 Å². The van der Waals surface area contributed by atoms with Gasteiger partial charge in [-0.2, -0.15) is 5.10 Å². The summed E-state index contributed by atoms with van der Waals surface area (Å²) in [6, 6.07) is 1.39. The van der Waals surface area contributed by atoms with Crippen LogP contribution in [0.25, 0.3) is 0 Å². The van der Waals surface area contributed by atoms with Gasteiger partial charge in [0.15, 0.2) is 5.82 Å². The molecule has 18 heavy (non-hydrogen) atoms. The van der Waals surface area contributed by atoms with E-state index in [0.29, 0.717) is 17.9 Å². The van der Waals surface area contributed by atoms with Crippen LogP contribution in [-0.2, 0) is 0 Å². The number of hydrogen-bond donors (Lipinski definition) is 2. The summed E-state index contributed by atoms with van der Waals surface area (Å²) in [7, 11) is 0. The Labute approximate surface area is 108 Å². The molecule has 1 aliphatic carbocycles. The lowest BCUT2D eigenvalue weighted by Crippen LogP contribution is -2.22. The minimum atomic E-state index is 0.591. The van der Waals surface area contributed by atoms with Crippen molar-refractivity contribution in [2.45, 2.75) is 75.3 Å². The topological polar surface area (TPSA) is 53.6 Å². The van der Waals surface area contributed by atoms with Crippen LogP contribution in [0.4, 0.5) is 0 Å². The summed E-state index contributed by atoms with van der Waals surface area (Å²) in [5.74, 6) is 3.45. The molecule has 4 nitrogen and oxygen atoms in total. The van der Waals surface area contributed by atoms with Gasteiger partial charge < -0.3 is 5.32 Å². The summed E-state index contributed by atoms with van der Waals surface area (Å²) in [5.41, 5.74) is 0. The molecule has 2 N–H and O–H groups in total. The minimum absolute atomic E-state index is 0.591. The summed E-state index contributed by atoms with van der Waals surface area (Å²) in [6.45, 7) is 0. The standard InChI is InChI=1S/C14H22N4/c1-2-4-9(5-3-1)13-16-14(18-17-13)11-8-10-6-7-12(11)15-10/h9-12,15H,1-8H2,(H,16,17,18). The van der Waals surface area contributed by atoms with Crippen LogP contribution in [-0.4, -0.2) is 27.3 Å². The first-order valence-electron chi connectivity index (χ1n) is 7.58. The van der Waals surface area contributed by atoms with Crippen LogP contribution >= 0.6 is 0 Å². The van der Waals surface area contributed by atoms with Crippen LogP contribution in [0.1, 0.15) is 74.9 Å². The van der Waals surface area contributed by atoms with Gasteiger partial charge in [0.1, 0.15) is 5.82 Å². The summed E-state index contributed by atoms with van der Waals surface area (Å²) in [6.07, 6.45) is 10.6. The second kappa shape index (κ2) is 4.34. The van der Waals surface area contributed by atoms with Crippen molar-refractivity contribution in [1.82, 2.24) is 20.5 Å². The third-order valence-electron chi connectivity index (χ3n) is 5.14. The largest absolute Gasteiger partial charge is 0.310 e. The second-order valence-corrected chi connectivity index (χ2v) is 6.30. The number of fused-ring (bicyclic) bond motifs is 2. The fourth-order valence-corrected chi connectivity index (χ4v) is 4.12. The lowest BCUT2D eigenvalue weighted by molar-refractivity contribution is 0.428. The van der Waals surface area contributed by atoms with E-state index in [1.165, 1.54) is 51.4 Å². The van der Waals surface area contributed by atoms with Crippen LogP contribution < -0.4 is 5.32 Å². The maximum atomic E-state index is 4.83. The third kappa shape index (κ3) is 1.78. The monoisotopic (exact) mass is 246 g/mol. The zero-order chi connectivity index (χ0) is 11.9. The molecule has 4 rings (SSSR count). The molecule has 0 amide bonds. The Morgan fingerprint density at radius 1 is 1.00 bits per heavy atom. The van der Waals surface area contributed by atoms with Gasteiger partial charge in [-0.05, 0) is 32.1 Å². The lowest BCUT2D eigenvalue weighted by Gasteiger charge is -2.19. The number of aromatic amines is 1. The van der Waals surface area contributed by atoms with E-state index in [4.69, 9.17) is 4.98 Å². The first kappa shape index (κ1) is 11.0. The van der Waals surface area contributed by atoms with Crippen molar-refractivity contribution in [1.29, 1.82) is 0 Å². The first-order chi connectivity index (χ1) is 8.90. The zero-order valence-corrected chi connectivity index (χ0v) is 10.9. The second-order valence-electron chi connectivity index (χ2n) is 6.30. The van der Waals surface area contributed by atoms with Gasteiger partial charge in [-0.3, -0.25) is 5.10 Å². The molecule has 1 aromatic rings. The quantitative estimate of drug-likeness (QED) is 0.843. The van der Waals surface area contributed by atoms with Gasteiger partial charge in [0.2, 0.25) is 0 Å². The number of H-pyrrole nitrogens is 1. The predicted octanol–water partition coefficient (Wildman–Crippen LogP) is 2.46. The number of aromatic nitrogens is 3. The van der Waals surface area contributed by atoms with Crippen LogP contribution in [0.3, 0.4) is 0 Å². The minimum Gasteiger partial charge on any atom is -0.310 e. The first-order valence-corrected chi connectivity index (χ1v) is 7.58. The van der Waals surface area contributed by atoms with Crippen LogP contribution in [0, 0.1) is 0 Å². The Morgan fingerprint density at radius 2 is 1.89 bits per heavy atom. The van der Waals surface area contributed by atoms with Crippen molar-refractivity contribution >= 4 is 0 Å². The SMILES string of the molecule is C1CCC(c2n[nH]c(C3CC4CCC3N4)n2)CC1. The number of hydrogen-bond acceptors (Lipinski definition) is 3. The Morgan fingerprint density at radius 3 is 2.61 bits per heavy atom. The van der Waals surface area contributed by atoms with Crippen LogP contribution in [0.15, 0.2) is 0 Å². The Balaban J connectivity index is 1.51. The maximum absolute atomic E-state index is 4.83. The highest BCUT2D eigenvalue weighted by molar-refractivity contribution is 5.13. The molecule has 2 saturated heterocycles. The van der Waals surface area contributed by atoms with Crippen molar-refractivity contribution in [2.24, 2.45) is 0 Å². The molecule has 3 fully saturated rings.